The minimum absolute atomic E-state index is 0.846. The largest absolute Gasteiger partial charge is 0.330 e. The van der Waals surface area contributed by atoms with Gasteiger partial charge in [-0.15, -0.1) is 0 Å². The highest BCUT2D eigenvalue weighted by atomic mass is 32.2. The molecule has 1 rings (SSSR count). The monoisotopic (exact) mass is 187 g/mol. The molecule has 0 aliphatic heterocycles. The minimum atomic E-state index is 0.846. The Morgan fingerprint density at radius 1 is 1.25 bits per heavy atom. The maximum Gasteiger partial charge on any atom is 0.00586 e. The molecule has 0 heterocycles. The van der Waals surface area contributed by atoms with Gasteiger partial charge in [0.1, 0.15) is 0 Å². The highest BCUT2D eigenvalue weighted by Crippen LogP contribution is 2.32. The molecule has 1 saturated carbocycles. The molecule has 12 heavy (non-hydrogen) atoms. The van der Waals surface area contributed by atoms with E-state index in [-0.39, 0.29) is 0 Å². The topological polar surface area (TPSA) is 26.0 Å². The van der Waals surface area contributed by atoms with Gasteiger partial charge >= 0.3 is 0 Å². The summed E-state index contributed by atoms with van der Waals surface area (Å²) in [6.07, 6.45) is 7.16. The zero-order valence-electron chi connectivity index (χ0n) is 8.09. The summed E-state index contributed by atoms with van der Waals surface area (Å²) in [4.78, 5) is 0. The van der Waals surface area contributed by atoms with Crippen LogP contribution in [0.1, 0.15) is 39.0 Å². The van der Waals surface area contributed by atoms with Crippen LogP contribution in [0.2, 0.25) is 0 Å². The van der Waals surface area contributed by atoms with Crippen LogP contribution in [0.3, 0.4) is 0 Å². The summed E-state index contributed by atoms with van der Waals surface area (Å²) in [7, 11) is 0. The van der Waals surface area contributed by atoms with Gasteiger partial charge in [-0.2, -0.15) is 11.8 Å². The number of nitrogens with two attached hydrogens (primary N) is 1. The van der Waals surface area contributed by atoms with Crippen molar-refractivity contribution in [2.45, 2.75) is 44.3 Å². The summed E-state index contributed by atoms with van der Waals surface area (Å²) in [5.41, 5.74) is 5.48. The normalized spacial score (nSPS) is 30.5. The van der Waals surface area contributed by atoms with E-state index in [1.165, 1.54) is 32.1 Å². The molecule has 1 nitrogen and oxygen atoms in total. The van der Waals surface area contributed by atoms with Crippen molar-refractivity contribution in [2.75, 3.05) is 12.3 Å². The van der Waals surface area contributed by atoms with Crippen LogP contribution >= 0.6 is 11.8 Å². The lowest BCUT2D eigenvalue weighted by Gasteiger charge is -2.27. The van der Waals surface area contributed by atoms with Crippen LogP contribution in [0.25, 0.3) is 0 Å². The lowest BCUT2D eigenvalue weighted by atomic mass is 9.87. The van der Waals surface area contributed by atoms with Gasteiger partial charge in [-0.1, -0.05) is 13.3 Å². The van der Waals surface area contributed by atoms with Gasteiger partial charge in [0.05, 0.1) is 0 Å². The molecule has 0 aromatic rings. The number of rotatable bonds is 4. The summed E-state index contributed by atoms with van der Waals surface area (Å²) >= 11 is 2.08. The van der Waals surface area contributed by atoms with Crippen LogP contribution in [0.15, 0.2) is 0 Å². The predicted molar refractivity (Wildman–Crippen MR) is 57.5 cm³/mol. The molecule has 2 N–H and O–H groups in total. The van der Waals surface area contributed by atoms with Crippen molar-refractivity contribution >= 4 is 11.8 Å². The van der Waals surface area contributed by atoms with Crippen LogP contribution in [0, 0.1) is 5.92 Å². The fourth-order valence-corrected chi connectivity index (χ4v) is 3.02. The average molecular weight is 187 g/mol. The molecule has 0 amide bonds. The second kappa shape index (κ2) is 5.87. The van der Waals surface area contributed by atoms with Crippen molar-refractivity contribution in [3.05, 3.63) is 0 Å². The van der Waals surface area contributed by atoms with Crippen molar-refractivity contribution in [2.24, 2.45) is 11.7 Å². The average Bonchev–Trinajstić information content (AvgIpc) is 2.15. The van der Waals surface area contributed by atoms with E-state index in [1.807, 2.05) is 0 Å². The first-order chi connectivity index (χ1) is 5.86. The van der Waals surface area contributed by atoms with Gasteiger partial charge in [0.2, 0.25) is 0 Å². The van der Waals surface area contributed by atoms with E-state index in [4.69, 9.17) is 5.73 Å². The van der Waals surface area contributed by atoms with Crippen LogP contribution < -0.4 is 5.73 Å². The van der Waals surface area contributed by atoms with Crippen LogP contribution in [-0.4, -0.2) is 17.5 Å². The van der Waals surface area contributed by atoms with Crippen LogP contribution in [0.4, 0.5) is 0 Å². The van der Waals surface area contributed by atoms with Crippen molar-refractivity contribution in [3.8, 4) is 0 Å². The zero-order chi connectivity index (χ0) is 8.81. The minimum Gasteiger partial charge on any atom is -0.330 e. The van der Waals surface area contributed by atoms with E-state index in [0.717, 1.165) is 23.5 Å². The van der Waals surface area contributed by atoms with Gasteiger partial charge in [0.15, 0.2) is 0 Å². The Balaban J connectivity index is 2.09. The van der Waals surface area contributed by atoms with Crippen molar-refractivity contribution in [1.82, 2.24) is 0 Å². The molecule has 1 fully saturated rings. The third-order valence-corrected chi connectivity index (χ3v) is 4.26. The molecule has 0 saturated heterocycles. The van der Waals surface area contributed by atoms with E-state index in [0.29, 0.717) is 0 Å². The predicted octanol–water partition coefficient (Wildman–Crippen LogP) is 2.65. The second-order valence-corrected chi connectivity index (χ2v) is 5.12. The quantitative estimate of drug-likeness (QED) is 0.732. The Hall–Kier alpha value is 0.310. The van der Waals surface area contributed by atoms with Gasteiger partial charge in [-0.3, -0.25) is 0 Å². The third kappa shape index (κ3) is 3.36. The highest BCUT2D eigenvalue weighted by Gasteiger charge is 2.19. The lowest BCUT2D eigenvalue weighted by Crippen LogP contribution is -2.17. The zero-order valence-corrected chi connectivity index (χ0v) is 8.91. The second-order valence-electron chi connectivity index (χ2n) is 3.71. The maximum absolute atomic E-state index is 5.48. The fraction of sp³-hybridized carbons (Fsp3) is 1.00. The first-order valence-corrected chi connectivity index (χ1v) is 6.23. The molecule has 0 bridgehead atoms. The first kappa shape index (κ1) is 10.4. The number of hydrogen-bond acceptors (Lipinski definition) is 2. The molecule has 0 aromatic carbocycles. The Kier molecular flexibility index (Phi) is 5.08. The van der Waals surface area contributed by atoms with Gasteiger partial charge in [-0.25, -0.2) is 0 Å². The van der Waals surface area contributed by atoms with E-state index in [2.05, 4.69) is 18.7 Å². The Morgan fingerprint density at radius 3 is 2.42 bits per heavy atom. The first-order valence-electron chi connectivity index (χ1n) is 5.18. The summed E-state index contributed by atoms with van der Waals surface area (Å²) in [5.74, 6) is 2.18. The van der Waals surface area contributed by atoms with Gasteiger partial charge < -0.3 is 5.73 Å². The SMILES string of the molecule is CCC1CCC(SCCN)CC1. The molecule has 1 aliphatic rings. The van der Waals surface area contributed by atoms with Crippen molar-refractivity contribution < 1.29 is 0 Å². The summed E-state index contributed by atoms with van der Waals surface area (Å²) in [6.45, 7) is 3.16. The summed E-state index contributed by atoms with van der Waals surface area (Å²) < 4.78 is 0. The summed E-state index contributed by atoms with van der Waals surface area (Å²) in [5, 5.41) is 0.927. The summed E-state index contributed by atoms with van der Waals surface area (Å²) in [6, 6.07) is 0. The molecule has 0 spiro atoms. The van der Waals surface area contributed by atoms with E-state index >= 15 is 0 Å². The third-order valence-electron chi connectivity index (χ3n) is 2.84. The Labute approximate surface area is 80.5 Å². The molecule has 0 unspecified atom stereocenters. The molecule has 0 aromatic heterocycles. The smallest absolute Gasteiger partial charge is 0.00586 e. The van der Waals surface area contributed by atoms with Crippen LogP contribution in [-0.2, 0) is 0 Å². The van der Waals surface area contributed by atoms with Gasteiger partial charge in [0, 0.05) is 17.5 Å². The number of hydrogen-bond donors (Lipinski definition) is 1. The Morgan fingerprint density at radius 2 is 1.92 bits per heavy atom. The molecule has 0 radical (unpaired) electrons. The fourth-order valence-electron chi connectivity index (χ4n) is 1.94. The van der Waals surface area contributed by atoms with Gasteiger partial charge in [0.25, 0.3) is 0 Å². The van der Waals surface area contributed by atoms with Crippen LogP contribution in [0.5, 0.6) is 0 Å². The molecule has 2 heteroatoms. The van der Waals surface area contributed by atoms with Crippen molar-refractivity contribution in [3.63, 3.8) is 0 Å². The highest BCUT2D eigenvalue weighted by molar-refractivity contribution is 7.99. The molecule has 1 aliphatic carbocycles. The standard InChI is InChI=1S/C10H21NS/c1-2-9-3-5-10(6-4-9)12-8-7-11/h9-10H,2-8,11H2,1H3. The van der Waals surface area contributed by atoms with Crippen molar-refractivity contribution in [1.29, 1.82) is 0 Å². The Bertz CT molecular complexity index is 108. The molecule has 0 atom stereocenters. The van der Waals surface area contributed by atoms with E-state index < -0.39 is 0 Å². The molecular weight excluding hydrogens is 166 g/mol. The maximum atomic E-state index is 5.48. The lowest BCUT2D eigenvalue weighted by molar-refractivity contribution is 0.356. The number of thioether (sulfide) groups is 1. The van der Waals surface area contributed by atoms with Gasteiger partial charge in [-0.05, 0) is 31.6 Å². The molecule has 72 valence electrons. The molecular formula is C10H21NS. The van der Waals surface area contributed by atoms with E-state index in [9.17, 15) is 0 Å². The van der Waals surface area contributed by atoms with E-state index in [1.54, 1.807) is 0 Å².